The highest BCUT2D eigenvalue weighted by atomic mass is 35.5. The van der Waals surface area contributed by atoms with Crippen LogP contribution in [0.5, 0.6) is 0 Å². The third-order valence-electron chi connectivity index (χ3n) is 4.27. The lowest BCUT2D eigenvalue weighted by molar-refractivity contribution is 0.180. The molecule has 0 amide bonds. The smallest absolute Gasteiger partial charge is 0.0233 e. The molecule has 1 fully saturated rings. The number of nitrogens with two attached hydrogens (primary N) is 1. The van der Waals surface area contributed by atoms with Gasteiger partial charge in [-0.1, -0.05) is 45.0 Å². The molecule has 1 heterocycles. The number of benzene rings is 1. The first kappa shape index (κ1) is 17.5. The number of nitrogens with zero attached hydrogens (tertiary/aromatic N) is 1. The van der Waals surface area contributed by atoms with Crippen LogP contribution in [0.4, 0.5) is 0 Å². The van der Waals surface area contributed by atoms with Crippen molar-refractivity contribution >= 4 is 12.4 Å². The molecule has 1 saturated heterocycles. The van der Waals surface area contributed by atoms with Crippen LogP contribution in [0.15, 0.2) is 24.3 Å². The Kier molecular flexibility index (Phi) is 6.50. The average molecular weight is 297 g/mol. The van der Waals surface area contributed by atoms with Crippen molar-refractivity contribution in [2.45, 2.75) is 45.6 Å². The molecular weight excluding hydrogens is 268 g/mol. The van der Waals surface area contributed by atoms with Crippen LogP contribution in [0.1, 0.15) is 44.7 Å². The van der Waals surface area contributed by atoms with Gasteiger partial charge < -0.3 is 5.73 Å². The van der Waals surface area contributed by atoms with E-state index >= 15 is 0 Å². The van der Waals surface area contributed by atoms with Crippen LogP contribution in [0, 0.1) is 5.92 Å². The summed E-state index contributed by atoms with van der Waals surface area (Å²) in [6.07, 6.45) is 2.52. The predicted molar refractivity (Wildman–Crippen MR) is 89.4 cm³/mol. The number of halogens is 1. The van der Waals surface area contributed by atoms with Crippen LogP contribution in [-0.2, 0) is 12.0 Å². The van der Waals surface area contributed by atoms with Crippen molar-refractivity contribution in [1.29, 1.82) is 0 Å². The van der Waals surface area contributed by atoms with Crippen LogP contribution in [-0.4, -0.2) is 24.5 Å². The molecule has 1 aromatic carbocycles. The van der Waals surface area contributed by atoms with Gasteiger partial charge in [0.1, 0.15) is 0 Å². The lowest BCUT2D eigenvalue weighted by Crippen LogP contribution is -2.35. The van der Waals surface area contributed by atoms with Gasteiger partial charge in [0, 0.05) is 6.54 Å². The lowest BCUT2D eigenvalue weighted by Gasteiger charge is -2.31. The van der Waals surface area contributed by atoms with Gasteiger partial charge in [-0.25, -0.2) is 0 Å². The van der Waals surface area contributed by atoms with Gasteiger partial charge in [-0.05, 0) is 54.9 Å². The zero-order valence-corrected chi connectivity index (χ0v) is 13.9. The van der Waals surface area contributed by atoms with Crippen molar-refractivity contribution in [1.82, 2.24) is 4.90 Å². The maximum absolute atomic E-state index is 5.74. The molecule has 2 nitrogen and oxygen atoms in total. The second-order valence-corrected chi connectivity index (χ2v) is 6.90. The molecule has 20 heavy (non-hydrogen) atoms. The molecule has 1 aliphatic heterocycles. The third kappa shape index (κ3) is 4.76. The molecular formula is C17H29ClN2. The highest BCUT2D eigenvalue weighted by Gasteiger charge is 2.18. The van der Waals surface area contributed by atoms with Crippen LogP contribution in [0.25, 0.3) is 0 Å². The summed E-state index contributed by atoms with van der Waals surface area (Å²) in [5.41, 5.74) is 8.83. The standard InChI is InChI=1S/C17H28N2.ClH/c1-17(2,3)16-6-4-15(5-7-16)13-19-10-8-14(12-18)9-11-19;/h4-7,14H,8-13,18H2,1-3H3;1H. The molecule has 1 aliphatic rings. The fourth-order valence-electron chi connectivity index (χ4n) is 2.75. The Balaban J connectivity index is 0.00000200. The second kappa shape index (κ2) is 7.44. The quantitative estimate of drug-likeness (QED) is 0.924. The van der Waals surface area contributed by atoms with Crippen LogP contribution in [0.2, 0.25) is 0 Å². The van der Waals surface area contributed by atoms with E-state index in [9.17, 15) is 0 Å². The van der Waals surface area contributed by atoms with E-state index < -0.39 is 0 Å². The predicted octanol–water partition coefficient (Wildman–Crippen LogP) is 3.58. The minimum absolute atomic E-state index is 0. The SMILES string of the molecule is CC(C)(C)c1ccc(CN2CCC(CN)CC2)cc1.Cl. The van der Waals surface area contributed by atoms with Gasteiger partial charge in [0.15, 0.2) is 0 Å². The summed E-state index contributed by atoms with van der Waals surface area (Å²) in [5.74, 6) is 0.750. The minimum Gasteiger partial charge on any atom is -0.330 e. The number of hydrogen-bond acceptors (Lipinski definition) is 2. The fraction of sp³-hybridized carbons (Fsp3) is 0.647. The van der Waals surface area contributed by atoms with E-state index in [2.05, 4.69) is 49.9 Å². The van der Waals surface area contributed by atoms with Crippen molar-refractivity contribution < 1.29 is 0 Å². The molecule has 114 valence electrons. The first-order chi connectivity index (χ1) is 8.99. The Hall–Kier alpha value is -0.570. The van der Waals surface area contributed by atoms with E-state index in [4.69, 9.17) is 5.73 Å². The maximum atomic E-state index is 5.74. The van der Waals surface area contributed by atoms with Gasteiger partial charge in [-0.3, -0.25) is 4.90 Å². The number of rotatable bonds is 3. The molecule has 0 atom stereocenters. The van der Waals surface area contributed by atoms with Crippen LogP contribution in [0.3, 0.4) is 0 Å². The Morgan fingerprint density at radius 2 is 1.65 bits per heavy atom. The highest BCUT2D eigenvalue weighted by Crippen LogP contribution is 2.23. The van der Waals surface area contributed by atoms with Crippen molar-refractivity contribution in [2.24, 2.45) is 11.7 Å². The normalized spacial score (nSPS) is 17.8. The maximum Gasteiger partial charge on any atom is 0.0233 e. The van der Waals surface area contributed by atoms with Gasteiger partial charge in [0.25, 0.3) is 0 Å². The summed E-state index contributed by atoms with van der Waals surface area (Å²) in [5, 5.41) is 0. The summed E-state index contributed by atoms with van der Waals surface area (Å²) >= 11 is 0. The van der Waals surface area contributed by atoms with E-state index in [1.54, 1.807) is 0 Å². The van der Waals surface area contributed by atoms with Gasteiger partial charge in [0.2, 0.25) is 0 Å². The van der Waals surface area contributed by atoms with E-state index in [-0.39, 0.29) is 17.8 Å². The van der Waals surface area contributed by atoms with Gasteiger partial charge in [-0.2, -0.15) is 0 Å². The summed E-state index contributed by atoms with van der Waals surface area (Å²) in [6.45, 7) is 11.1. The minimum atomic E-state index is 0. The first-order valence-electron chi connectivity index (χ1n) is 7.51. The first-order valence-corrected chi connectivity index (χ1v) is 7.51. The van der Waals surface area contributed by atoms with Gasteiger partial charge >= 0.3 is 0 Å². The molecule has 0 radical (unpaired) electrons. The van der Waals surface area contributed by atoms with E-state index in [1.165, 1.54) is 37.1 Å². The lowest BCUT2D eigenvalue weighted by atomic mass is 9.86. The monoisotopic (exact) mass is 296 g/mol. The fourth-order valence-corrected chi connectivity index (χ4v) is 2.75. The van der Waals surface area contributed by atoms with E-state index in [1.807, 2.05) is 0 Å². The Morgan fingerprint density at radius 1 is 1.10 bits per heavy atom. The zero-order chi connectivity index (χ0) is 13.9. The molecule has 0 saturated carbocycles. The topological polar surface area (TPSA) is 29.3 Å². The molecule has 2 N–H and O–H groups in total. The summed E-state index contributed by atoms with van der Waals surface area (Å²) in [4.78, 5) is 2.55. The zero-order valence-electron chi connectivity index (χ0n) is 13.1. The number of piperidine rings is 1. The third-order valence-corrected chi connectivity index (χ3v) is 4.27. The molecule has 0 aromatic heterocycles. The van der Waals surface area contributed by atoms with E-state index in [0.717, 1.165) is 19.0 Å². The Morgan fingerprint density at radius 3 is 2.10 bits per heavy atom. The highest BCUT2D eigenvalue weighted by molar-refractivity contribution is 5.85. The Bertz CT molecular complexity index is 386. The number of hydrogen-bond donors (Lipinski definition) is 1. The molecule has 2 rings (SSSR count). The largest absolute Gasteiger partial charge is 0.330 e. The molecule has 0 spiro atoms. The summed E-state index contributed by atoms with van der Waals surface area (Å²) in [7, 11) is 0. The molecule has 0 unspecified atom stereocenters. The number of likely N-dealkylation sites (tertiary alicyclic amines) is 1. The van der Waals surface area contributed by atoms with Crippen molar-refractivity contribution in [3.8, 4) is 0 Å². The van der Waals surface area contributed by atoms with Crippen molar-refractivity contribution in [2.75, 3.05) is 19.6 Å². The van der Waals surface area contributed by atoms with Crippen LogP contribution >= 0.6 is 12.4 Å². The summed E-state index contributed by atoms with van der Waals surface area (Å²) in [6, 6.07) is 9.13. The summed E-state index contributed by atoms with van der Waals surface area (Å²) < 4.78 is 0. The van der Waals surface area contributed by atoms with Crippen molar-refractivity contribution in [3.05, 3.63) is 35.4 Å². The second-order valence-electron chi connectivity index (χ2n) is 6.90. The van der Waals surface area contributed by atoms with Gasteiger partial charge in [0.05, 0.1) is 0 Å². The molecule has 1 aromatic rings. The average Bonchev–Trinajstić information content (AvgIpc) is 2.39. The molecule has 0 bridgehead atoms. The Labute approximate surface area is 130 Å². The van der Waals surface area contributed by atoms with Crippen LogP contribution < -0.4 is 5.73 Å². The van der Waals surface area contributed by atoms with E-state index in [0.29, 0.717) is 0 Å². The van der Waals surface area contributed by atoms with Gasteiger partial charge in [-0.15, -0.1) is 12.4 Å². The van der Waals surface area contributed by atoms with Crippen molar-refractivity contribution in [3.63, 3.8) is 0 Å². The molecule has 3 heteroatoms. The molecule has 0 aliphatic carbocycles.